The first-order valence-electron chi connectivity index (χ1n) is 8.27. The summed E-state index contributed by atoms with van der Waals surface area (Å²) >= 11 is 13.7. The van der Waals surface area contributed by atoms with Crippen LogP contribution in [-0.4, -0.2) is 40.6 Å². The lowest BCUT2D eigenvalue weighted by atomic mass is 10.1. The van der Waals surface area contributed by atoms with Crippen molar-refractivity contribution < 1.29 is 14.3 Å². The molecule has 0 aromatic heterocycles. The number of halogens is 2. The summed E-state index contributed by atoms with van der Waals surface area (Å²) in [6.45, 7) is 8.36. The number of ether oxygens (including phenoxy) is 1. The van der Waals surface area contributed by atoms with Crippen LogP contribution in [0, 0.1) is 11.8 Å². The van der Waals surface area contributed by atoms with Crippen LogP contribution in [0.15, 0.2) is 18.2 Å². The van der Waals surface area contributed by atoms with E-state index in [0.717, 1.165) is 0 Å². The maximum absolute atomic E-state index is 13.1. The van der Waals surface area contributed by atoms with E-state index < -0.39 is 6.04 Å². The molecule has 2 rings (SSSR count). The zero-order chi connectivity index (χ0) is 18.7. The van der Waals surface area contributed by atoms with Crippen molar-refractivity contribution in [2.45, 2.75) is 39.1 Å². The molecule has 0 aliphatic carbocycles. The zero-order valence-electron chi connectivity index (χ0n) is 14.8. The quantitative estimate of drug-likeness (QED) is 0.666. The van der Waals surface area contributed by atoms with Gasteiger partial charge in [0.2, 0.25) is 0 Å². The molecule has 0 radical (unpaired) electrons. The highest BCUT2D eigenvalue weighted by Gasteiger charge is 2.44. The molecule has 0 spiro atoms. The number of carbonyl (C=O) groups is 2. The average molecular weight is 404 g/mol. The molecule has 1 aliphatic heterocycles. The van der Waals surface area contributed by atoms with Crippen molar-refractivity contribution >= 4 is 46.8 Å². The SMILES string of the molecule is CC(C)COC(=O)C1CSC(C(C)C)N1C(=O)c1cc(Cl)cc(Cl)c1. The molecule has 138 valence electrons. The summed E-state index contributed by atoms with van der Waals surface area (Å²) in [5.74, 6) is 0.367. The van der Waals surface area contributed by atoms with E-state index in [0.29, 0.717) is 28.0 Å². The van der Waals surface area contributed by atoms with Gasteiger partial charge < -0.3 is 9.64 Å². The average Bonchev–Trinajstić information content (AvgIpc) is 2.96. The van der Waals surface area contributed by atoms with Crippen LogP contribution in [0.1, 0.15) is 38.1 Å². The maximum atomic E-state index is 13.1. The van der Waals surface area contributed by atoms with Gasteiger partial charge in [-0.1, -0.05) is 50.9 Å². The molecule has 1 aromatic carbocycles. The molecule has 0 bridgehead atoms. The standard InChI is InChI=1S/C18H23Cl2NO3S/c1-10(2)8-24-18(23)15-9-25-17(11(3)4)21(15)16(22)12-5-13(19)7-14(20)6-12/h5-7,10-11,15,17H,8-9H2,1-4H3. The normalized spacial score (nSPS) is 20.4. The summed E-state index contributed by atoms with van der Waals surface area (Å²) in [4.78, 5) is 27.2. The Morgan fingerprint density at radius 3 is 2.32 bits per heavy atom. The smallest absolute Gasteiger partial charge is 0.329 e. The summed E-state index contributed by atoms with van der Waals surface area (Å²) < 4.78 is 5.38. The molecule has 1 heterocycles. The molecule has 0 N–H and O–H groups in total. The summed E-state index contributed by atoms with van der Waals surface area (Å²) in [5.41, 5.74) is 0.382. The summed E-state index contributed by atoms with van der Waals surface area (Å²) in [6.07, 6.45) is 0. The van der Waals surface area contributed by atoms with Crippen LogP contribution >= 0.6 is 35.0 Å². The van der Waals surface area contributed by atoms with Crippen LogP contribution in [0.25, 0.3) is 0 Å². The summed E-state index contributed by atoms with van der Waals surface area (Å²) in [7, 11) is 0. The van der Waals surface area contributed by atoms with Crippen LogP contribution in [0.5, 0.6) is 0 Å². The number of nitrogens with zero attached hydrogens (tertiary/aromatic N) is 1. The highest BCUT2D eigenvalue weighted by molar-refractivity contribution is 8.00. The Hall–Kier alpha value is -0.910. The van der Waals surface area contributed by atoms with Gasteiger partial charge in [-0.15, -0.1) is 11.8 Å². The Morgan fingerprint density at radius 1 is 1.20 bits per heavy atom. The van der Waals surface area contributed by atoms with Gasteiger partial charge in [-0.25, -0.2) is 4.79 Å². The van der Waals surface area contributed by atoms with Crippen molar-refractivity contribution in [3.8, 4) is 0 Å². The first-order valence-corrected chi connectivity index (χ1v) is 10.1. The van der Waals surface area contributed by atoms with E-state index in [4.69, 9.17) is 27.9 Å². The van der Waals surface area contributed by atoms with E-state index in [9.17, 15) is 9.59 Å². The number of esters is 1. The number of thioether (sulfide) groups is 1. The second kappa shape index (κ2) is 8.65. The lowest BCUT2D eigenvalue weighted by molar-refractivity contribution is -0.149. The molecule has 25 heavy (non-hydrogen) atoms. The van der Waals surface area contributed by atoms with Crippen LogP contribution in [0.3, 0.4) is 0 Å². The third-order valence-electron chi connectivity index (χ3n) is 3.78. The van der Waals surface area contributed by atoms with Gasteiger partial charge >= 0.3 is 5.97 Å². The fourth-order valence-electron chi connectivity index (χ4n) is 2.65. The lowest BCUT2D eigenvalue weighted by Crippen LogP contribution is -2.48. The van der Waals surface area contributed by atoms with Gasteiger partial charge in [0.25, 0.3) is 5.91 Å². The Kier molecular flexibility index (Phi) is 7.06. The third kappa shape index (κ3) is 5.05. The Morgan fingerprint density at radius 2 is 1.80 bits per heavy atom. The predicted molar refractivity (Wildman–Crippen MR) is 103 cm³/mol. The van der Waals surface area contributed by atoms with Crippen LogP contribution in [0.4, 0.5) is 0 Å². The third-order valence-corrected chi connectivity index (χ3v) is 5.84. The van der Waals surface area contributed by atoms with Gasteiger partial charge in [0.15, 0.2) is 0 Å². The summed E-state index contributed by atoms with van der Waals surface area (Å²) in [6, 6.07) is 4.13. The van der Waals surface area contributed by atoms with Gasteiger partial charge in [-0.3, -0.25) is 4.79 Å². The van der Waals surface area contributed by atoms with Gasteiger partial charge in [0.05, 0.1) is 12.0 Å². The minimum Gasteiger partial charge on any atom is -0.464 e. The van der Waals surface area contributed by atoms with E-state index in [1.807, 2.05) is 27.7 Å². The van der Waals surface area contributed by atoms with Crippen molar-refractivity contribution in [2.75, 3.05) is 12.4 Å². The number of rotatable bonds is 5. The van der Waals surface area contributed by atoms with Crippen LogP contribution in [0.2, 0.25) is 10.0 Å². The number of hydrogen-bond donors (Lipinski definition) is 0. The first-order chi connectivity index (χ1) is 11.7. The van der Waals surface area contributed by atoms with Crippen LogP contribution < -0.4 is 0 Å². The van der Waals surface area contributed by atoms with Crippen molar-refractivity contribution in [3.05, 3.63) is 33.8 Å². The molecule has 1 saturated heterocycles. The fraction of sp³-hybridized carbons (Fsp3) is 0.556. The lowest BCUT2D eigenvalue weighted by Gasteiger charge is -2.30. The molecular formula is C18H23Cl2NO3S. The molecule has 7 heteroatoms. The summed E-state index contributed by atoms with van der Waals surface area (Å²) in [5, 5.41) is 0.687. The Bertz CT molecular complexity index is 631. The second-order valence-corrected chi connectivity index (χ2v) is 8.90. The van der Waals surface area contributed by atoms with Crippen LogP contribution in [-0.2, 0) is 9.53 Å². The molecule has 1 aliphatic rings. The zero-order valence-corrected chi connectivity index (χ0v) is 17.1. The maximum Gasteiger partial charge on any atom is 0.329 e. The minimum absolute atomic E-state index is 0.0955. The van der Waals surface area contributed by atoms with Gasteiger partial charge in [0.1, 0.15) is 6.04 Å². The van der Waals surface area contributed by atoms with Crippen molar-refractivity contribution in [1.82, 2.24) is 4.90 Å². The predicted octanol–water partition coefficient (Wildman–Crippen LogP) is 4.73. The Balaban J connectivity index is 2.29. The molecular weight excluding hydrogens is 381 g/mol. The molecule has 1 amide bonds. The minimum atomic E-state index is -0.596. The van der Waals surface area contributed by atoms with E-state index >= 15 is 0 Å². The van der Waals surface area contributed by atoms with E-state index in [1.54, 1.807) is 34.9 Å². The van der Waals surface area contributed by atoms with Crippen molar-refractivity contribution in [2.24, 2.45) is 11.8 Å². The Labute approximate surface area is 163 Å². The van der Waals surface area contributed by atoms with Gasteiger partial charge in [-0.05, 0) is 30.0 Å². The van der Waals surface area contributed by atoms with Gasteiger partial charge in [-0.2, -0.15) is 0 Å². The second-order valence-electron chi connectivity index (χ2n) is 6.88. The molecule has 1 fully saturated rings. The first kappa shape index (κ1) is 20.4. The number of hydrogen-bond acceptors (Lipinski definition) is 4. The van der Waals surface area contributed by atoms with Gasteiger partial charge in [0, 0.05) is 21.4 Å². The molecule has 2 unspecified atom stereocenters. The van der Waals surface area contributed by atoms with E-state index in [2.05, 4.69) is 0 Å². The highest BCUT2D eigenvalue weighted by Crippen LogP contribution is 2.36. The monoisotopic (exact) mass is 403 g/mol. The molecule has 0 saturated carbocycles. The topological polar surface area (TPSA) is 46.6 Å². The van der Waals surface area contributed by atoms with E-state index in [1.165, 1.54) is 0 Å². The number of amides is 1. The molecule has 4 nitrogen and oxygen atoms in total. The largest absolute Gasteiger partial charge is 0.464 e. The van der Waals surface area contributed by atoms with E-state index in [-0.39, 0.29) is 29.1 Å². The highest BCUT2D eigenvalue weighted by atomic mass is 35.5. The number of carbonyl (C=O) groups excluding carboxylic acids is 2. The fourth-order valence-corrected chi connectivity index (χ4v) is 4.64. The number of benzene rings is 1. The molecule has 1 aromatic rings. The van der Waals surface area contributed by atoms with Crippen molar-refractivity contribution in [3.63, 3.8) is 0 Å². The molecule has 2 atom stereocenters. The van der Waals surface area contributed by atoms with Crippen molar-refractivity contribution in [1.29, 1.82) is 0 Å².